The van der Waals surface area contributed by atoms with Gasteiger partial charge in [0.1, 0.15) is 18.0 Å². The maximum Gasteiger partial charge on any atom is 0.240 e. The molecule has 0 aliphatic carbocycles. The minimum absolute atomic E-state index is 0.178. The zero-order valence-electron chi connectivity index (χ0n) is 16.3. The summed E-state index contributed by atoms with van der Waals surface area (Å²) in [4.78, 5) is 12.8. The van der Waals surface area contributed by atoms with Crippen molar-refractivity contribution in [3.63, 3.8) is 0 Å². The first-order valence-electron chi connectivity index (χ1n) is 9.03. The first kappa shape index (κ1) is 20.2. The Morgan fingerprint density at radius 3 is 2.53 bits per heavy atom. The molecule has 0 bridgehead atoms. The number of thioether (sulfide) groups is 1. The largest absolute Gasteiger partial charge is 0.361 e. The minimum atomic E-state index is -3.55. The quantitative estimate of drug-likeness (QED) is 0.320. The monoisotopic (exact) mass is 440 g/mol. The topological polar surface area (TPSA) is 112 Å². The summed E-state index contributed by atoms with van der Waals surface area (Å²) >= 11 is 1.51. The molecule has 2 aromatic carbocycles. The molecule has 30 heavy (non-hydrogen) atoms. The lowest BCUT2D eigenvalue weighted by atomic mass is 10.2. The van der Waals surface area contributed by atoms with E-state index in [1.54, 1.807) is 24.3 Å². The van der Waals surface area contributed by atoms with Crippen LogP contribution < -0.4 is 15.4 Å². The van der Waals surface area contributed by atoms with Crippen LogP contribution in [0.1, 0.15) is 0 Å². The van der Waals surface area contributed by atoms with Crippen LogP contribution in [0.5, 0.6) is 0 Å². The molecule has 0 aliphatic rings. The van der Waals surface area contributed by atoms with Gasteiger partial charge in [-0.05, 0) is 55.1 Å². The van der Waals surface area contributed by atoms with Gasteiger partial charge in [-0.3, -0.25) is 0 Å². The number of sulfonamides is 1. The zero-order valence-corrected chi connectivity index (χ0v) is 17.9. The normalized spacial score (nSPS) is 11.5. The lowest BCUT2D eigenvalue weighted by Crippen LogP contribution is -2.18. The molecule has 8 nitrogen and oxygen atoms in total. The molecular weight excluding hydrogens is 420 g/mol. The fourth-order valence-electron chi connectivity index (χ4n) is 2.98. The first-order valence-corrected chi connectivity index (χ1v) is 11.7. The number of hydrogen-bond acceptors (Lipinski definition) is 7. The summed E-state index contributed by atoms with van der Waals surface area (Å²) in [5.74, 6) is 1.16. The highest BCUT2D eigenvalue weighted by Gasteiger charge is 2.14. The van der Waals surface area contributed by atoms with Gasteiger partial charge in [-0.2, -0.15) is 0 Å². The van der Waals surface area contributed by atoms with Crippen LogP contribution in [-0.4, -0.2) is 36.7 Å². The van der Waals surface area contributed by atoms with E-state index >= 15 is 0 Å². The number of aromatic amines is 1. The molecule has 4 rings (SSSR count). The van der Waals surface area contributed by atoms with Crippen LogP contribution in [0.4, 0.5) is 23.0 Å². The van der Waals surface area contributed by atoms with Gasteiger partial charge in [-0.25, -0.2) is 23.1 Å². The average molecular weight is 441 g/mol. The van der Waals surface area contributed by atoms with Crippen LogP contribution >= 0.6 is 11.8 Å². The van der Waals surface area contributed by atoms with Gasteiger partial charge in [0.05, 0.1) is 10.6 Å². The summed E-state index contributed by atoms with van der Waals surface area (Å²) in [5, 5.41) is 7.60. The summed E-state index contributed by atoms with van der Waals surface area (Å²) in [6, 6.07) is 14.7. The molecule has 4 N–H and O–H groups in total. The summed E-state index contributed by atoms with van der Waals surface area (Å²) < 4.78 is 26.6. The maximum absolute atomic E-state index is 12.2. The molecule has 0 radical (unpaired) electrons. The Morgan fingerprint density at radius 1 is 0.967 bits per heavy atom. The number of hydrogen-bond donors (Lipinski definition) is 4. The Bertz CT molecular complexity index is 1300. The number of rotatable bonds is 7. The van der Waals surface area contributed by atoms with Gasteiger partial charge in [0, 0.05) is 28.4 Å². The smallest absolute Gasteiger partial charge is 0.240 e. The number of aromatic nitrogens is 3. The van der Waals surface area contributed by atoms with E-state index in [0.717, 1.165) is 21.5 Å². The highest BCUT2D eigenvalue weighted by Crippen LogP contribution is 2.31. The predicted octanol–water partition coefficient (Wildman–Crippen LogP) is 4.08. The SMILES string of the molecule is CNS(=O)(=O)c1ccc(SC)c(Nc2cc(Nc3ccc4cc[nH]c4c3)ncn2)c1. The van der Waals surface area contributed by atoms with Crippen molar-refractivity contribution in [2.45, 2.75) is 9.79 Å². The van der Waals surface area contributed by atoms with Crippen LogP contribution in [0.15, 0.2) is 70.8 Å². The third kappa shape index (κ3) is 4.25. The van der Waals surface area contributed by atoms with Gasteiger partial charge >= 0.3 is 0 Å². The number of H-pyrrole nitrogens is 1. The van der Waals surface area contributed by atoms with E-state index in [9.17, 15) is 8.42 Å². The fraction of sp³-hybridized carbons (Fsp3) is 0.100. The zero-order chi connectivity index (χ0) is 21.1. The molecule has 4 aromatic rings. The van der Waals surface area contributed by atoms with Gasteiger partial charge in [-0.15, -0.1) is 11.8 Å². The molecule has 2 aromatic heterocycles. The molecule has 0 spiro atoms. The van der Waals surface area contributed by atoms with Crippen LogP contribution in [0.2, 0.25) is 0 Å². The first-order chi connectivity index (χ1) is 14.5. The molecule has 0 saturated heterocycles. The number of nitrogens with one attached hydrogen (secondary N) is 4. The van der Waals surface area contributed by atoms with Gasteiger partial charge < -0.3 is 15.6 Å². The lowest BCUT2D eigenvalue weighted by molar-refractivity contribution is 0.588. The maximum atomic E-state index is 12.2. The Hall–Kier alpha value is -3.08. The summed E-state index contributed by atoms with van der Waals surface area (Å²) in [6.07, 6.45) is 5.27. The standard InChI is InChI=1S/C20H20N6O2S2/c1-21-30(27,28)15-5-6-18(29-2)17(10-15)26-20-11-19(23-12-24-20)25-14-4-3-13-7-8-22-16(13)9-14/h3-12,21-22H,1-2H3,(H2,23,24,25,26). The van der Waals surface area contributed by atoms with Gasteiger partial charge in [0.2, 0.25) is 10.0 Å². The second kappa shape index (κ2) is 8.34. The number of fused-ring (bicyclic) bond motifs is 1. The second-order valence-corrected chi connectivity index (χ2v) is 9.12. The van der Waals surface area contributed by atoms with Gasteiger partial charge in [-0.1, -0.05) is 6.07 Å². The molecule has 0 amide bonds. The molecule has 0 aliphatic heterocycles. The summed E-state index contributed by atoms with van der Waals surface area (Å²) in [5.41, 5.74) is 2.57. The van der Waals surface area contributed by atoms with E-state index in [-0.39, 0.29) is 4.90 Å². The number of anilines is 4. The molecule has 0 fully saturated rings. The Labute approximate surface area is 178 Å². The van der Waals surface area contributed by atoms with Crippen molar-refractivity contribution in [1.29, 1.82) is 0 Å². The highest BCUT2D eigenvalue weighted by molar-refractivity contribution is 7.98. The summed E-state index contributed by atoms with van der Waals surface area (Å²) in [7, 11) is -2.16. The number of benzene rings is 2. The Morgan fingerprint density at radius 2 is 1.77 bits per heavy atom. The van der Waals surface area contributed by atoms with Crippen molar-refractivity contribution in [2.75, 3.05) is 23.9 Å². The van der Waals surface area contributed by atoms with Crippen LogP contribution in [0, 0.1) is 0 Å². The van der Waals surface area contributed by atoms with E-state index < -0.39 is 10.0 Å². The molecule has 0 saturated carbocycles. The van der Waals surface area contributed by atoms with Crippen LogP contribution in [0.3, 0.4) is 0 Å². The van der Waals surface area contributed by atoms with E-state index in [4.69, 9.17) is 0 Å². The fourth-order valence-corrected chi connectivity index (χ4v) is 4.27. The van der Waals surface area contributed by atoms with Crippen molar-refractivity contribution in [3.8, 4) is 0 Å². The van der Waals surface area contributed by atoms with Gasteiger partial charge in [0.15, 0.2) is 0 Å². The molecule has 10 heteroatoms. The molecular formula is C20H20N6O2S2. The molecule has 154 valence electrons. The van der Waals surface area contributed by atoms with E-state index in [2.05, 4.69) is 30.3 Å². The lowest BCUT2D eigenvalue weighted by Gasteiger charge is -2.13. The minimum Gasteiger partial charge on any atom is -0.361 e. The van der Waals surface area contributed by atoms with Crippen LogP contribution in [-0.2, 0) is 10.0 Å². The van der Waals surface area contributed by atoms with Crippen molar-refractivity contribution in [1.82, 2.24) is 19.7 Å². The second-order valence-electron chi connectivity index (χ2n) is 6.39. The van der Waals surface area contributed by atoms with Gasteiger partial charge in [0.25, 0.3) is 0 Å². The Balaban J connectivity index is 1.60. The van der Waals surface area contributed by atoms with Crippen molar-refractivity contribution in [2.24, 2.45) is 0 Å². The molecule has 2 heterocycles. The van der Waals surface area contributed by atoms with E-state index in [1.807, 2.05) is 36.7 Å². The Kier molecular flexibility index (Phi) is 5.62. The highest BCUT2D eigenvalue weighted by atomic mass is 32.2. The summed E-state index contributed by atoms with van der Waals surface area (Å²) in [6.45, 7) is 0. The van der Waals surface area contributed by atoms with E-state index in [1.165, 1.54) is 25.1 Å². The third-order valence-electron chi connectivity index (χ3n) is 4.51. The average Bonchev–Trinajstić information content (AvgIpc) is 3.22. The number of nitrogens with zero attached hydrogens (tertiary/aromatic N) is 2. The molecule has 0 unspecified atom stereocenters. The molecule has 0 atom stereocenters. The predicted molar refractivity (Wildman–Crippen MR) is 121 cm³/mol. The van der Waals surface area contributed by atoms with Crippen molar-refractivity contribution < 1.29 is 8.42 Å². The van der Waals surface area contributed by atoms with E-state index in [0.29, 0.717) is 17.3 Å². The van der Waals surface area contributed by atoms with Crippen molar-refractivity contribution >= 4 is 55.7 Å². The third-order valence-corrected chi connectivity index (χ3v) is 6.72. The van der Waals surface area contributed by atoms with Crippen LogP contribution in [0.25, 0.3) is 10.9 Å². The van der Waals surface area contributed by atoms with Crippen molar-refractivity contribution in [3.05, 3.63) is 61.1 Å².